The number of carbonyl (C=O) groups is 1. The lowest BCUT2D eigenvalue weighted by atomic mass is 10.2. The van der Waals surface area contributed by atoms with Crippen LogP contribution in [0.2, 0.25) is 0 Å². The van der Waals surface area contributed by atoms with Gasteiger partial charge in [0.05, 0.1) is 5.69 Å². The summed E-state index contributed by atoms with van der Waals surface area (Å²) >= 11 is 2.68. The fraction of sp³-hybridized carbons (Fsp3) is 0.241. The molecule has 1 heterocycles. The van der Waals surface area contributed by atoms with Crippen LogP contribution >= 0.6 is 23.5 Å². The van der Waals surface area contributed by atoms with Gasteiger partial charge in [-0.15, -0.1) is 10.2 Å². The van der Waals surface area contributed by atoms with E-state index in [4.69, 9.17) is 0 Å². The number of amides is 1. The number of nitrogens with zero attached hydrogens (tertiary/aromatic N) is 6. The minimum absolute atomic E-state index is 0.0186. The van der Waals surface area contributed by atoms with Gasteiger partial charge in [0.25, 0.3) is 5.95 Å². The third-order valence-corrected chi connectivity index (χ3v) is 8.12. The lowest BCUT2D eigenvalue weighted by Gasteiger charge is -2.22. The van der Waals surface area contributed by atoms with Gasteiger partial charge in [0, 0.05) is 28.6 Å². The predicted molar refractivity (Wildman–Crippen MR) is 159 cm³/mol. The number of benzene rings is 3. The topological polar surface area (TPSA) is 95.7 Å². The molecule has 0 bridgehead atoms. The molecular weight excluding hydrogens is 583 g/mol. The highest BCUT2D eigenvalue weighted by Crippen LogP contribution is 2.35. The highest BCUT2D eigenvalue weighted by Gasteiger charge is 2.39. The van der Waals surface area contributed by atoms with Crippen LogP contribution in [0.5, 0.6) is 0 Å². The zero-order chi connectivity index (χ0) is 30.3. The summed E-state index contributed by atoms with van der Waals surface area (Å²) in [4.78, 5) is 29.1. The minimum atomic E-state index is -5.07. The van der Waals surface area contributed by atoms with Crippen molar-refractivity contribution in [1.82, 2.24) is 15.0 Å². The third kappa shape index (κ3) is 8.07. The Bertz CT molecular complexity index is 1530. The Balaban J connectivity index is 1.73. The van der Waals surface area contributed by atoms with E-state index in [0.717, 1.165) is 20.9 Å². The molecule has 1 N–H and O–H groups in total. The number of rotatable bonds is 10. The number of anilines is 2. The molecule has 3 aromatic carbocycles. The second-order valence-electron chi connectivity index (χ2n) is 8.96. The van der Waals surface area contributed by atoms with Crippen LogP contribution in [-0.2, 0) is 4.79 Å². The van der Waals surface area contributed by atoms with E-state index in [2.05, 4.69) is 25.2 Å². The first kappa shape index (κ1) is 31.0. The van der Waals surface area contributed by atoms with Crippen LogP contribution in [-0.4, -0.2) is 40.1 Å². The van der Waals surface area contributed by atoms with Crippen LogP contribution < -0.4 is 10.2 Å². The van der Waals surface area contributed by atoms with Crippen LogP contribution in [0.1, 0.15) is 25.0 Å². The number of hydrogen-bond donors (Lipinski definition) is 1. The molecular formula is C29H28F3N7OS2. The number of hydrogen-bond acceptors (Lipinski definition) is 9. The second-order valence-corrected chi connectivity index (χ2v) is 11.0. The van der Waals surface area contributed by atoms with E-state index >= 15 is 0 Å². The highest BCUT2D eigenvalue weighted by atomic mass is 32.2. The van der Waals surface area contributed by atoms with Gasteiger partial charge >= 0.3 is 12.1 Å². The molecule has 0 radical (unpaired) electrons. The van der Waals surface area contributed by atoms with Crippen molar-refractivity contribution < 1.29 is 18.0 Å². The minimum Gasteiger partial charge on any atom is -0.372 e. The van der Waals surface area contributed by atoms with Crippen molar-refractivity contribution >= 4 is 52.4 Å². The van der Waals surface area contributed by atoms with Gasteiger partial charge in [-0.3, -0.25) is 4.79 Å². The molecule has 0 aliphatic heterocycles. The van der Waals surface area contributed by atoms with Gasteiger partial charge in [0.1, 0.15) is 5.69 Å². The molecule has 0 unspecified atom stereocenters. The van der Waals surface area contributed by atoms with Gasteiger partial charge in [-0.05, 0) is 92.7 Å². The third-order valence-electron chi connectivity index (χ3n) is 6.03. The molecule has 0 saturated heterocycles. The number of carbonyl (C=O) groups excluding carboxylic acids is 1. The van der Waals surface area contributed by atoms with Crippen LogP contribution in [0, 0.1) is 13.8 Å². The first-order valence-corrected chi connectivity index (χ1v) is 14.6. The first-order valence-electron chi connectivity index (χ1n) is 13.0. The van der Waals surface area contributed by atoms with Gasteiger partial charge in [-0.2, -0.15) is 28.1 Å². The molecule has 4 aromatic rings. The highest BCUT2D eigenvalue weighted by molar-refractivity contribution is 7.99. The molecule has 4 rings (SSSR count). The van der Waals surface area contributed by atoms with E-state index in [-0.39, 0.29) is 17.3 Å². The summed E-state index contributed by atoms with van der Waals surface area (Å²) in [6.45, 7) is 9.04. The second kappa shape index (κ2) is 13.8. The van der Waals surface area contributed by atoms with Crippen molar-refractivity contribution in [3.8, 4) is 0 Å². The van der Waals surface area contributed by atoms with Gasteiger partial charge < -0.3 is 10.2 Å². The Labute approximate surface area is 250 Å². The molecule has 0 spiro atoms. The number of nitrogens with one attached hydrogen (secondary N) is 1. The van der Waals surface area contributed by atoms with Crippen molar-refractivity contribution in [1.29, 1.82) is 0 Å². The van der Waals surface area contributed by atoms with E-state index in [9.17, 15) is 18.0 Å². The molecule has 1 aromatic heterocycles. The van der Waals surface area contributed by atoms with Crippen LogP contribution in [0.4, 0.5) is 36.2 Å². The summed E-state index contributed by atoms with van der Waals surface area (Å²) in [5.41, 5.74) is 2.59. The van der Waals surface area contributed by atoms with E-state index in [1.54, 1.807) is 6.07 Å². The Hall–Kier alpha value is -3.97. The largest absolute Gasteiger partial charge is 0.471 e. The average molecular weight is 612 g/mol. The summed E-state index contributed by atoms with van der Waals surface area (Å²) in [7, 11) is 0. The molecule has 0 aliphatic carbocycles. The molecule has 0 aliphatic rings. The monoisotopic (exact) mass is 611 g/mol. The molecule has 8 nitrogen and oxygen atoms in total. The predicted octanol–water partition coefficient (Wildman–Crippen LogP) is 8.55. The van der Waals surface area contributed by atoms with E-state index in [1.165, 1.54) is 35.7 Å². The summed E-state index contributed by atoms with van der Waals surface area (Å²) < 4.78 is 39.3. The van der Waals surface area contributed by atoms with E-state index < -0.39 is 12.1 Å². The number of halogens is 3. The van der Waals surface area contributed by atoms with Crippen LogP contribution in [0.15, 0.2) is 97.1 Å². The molecule has 1 amide bonds. The Morgan fingerprint density at radius 2 is 1.38 bits per heavy atom. The molecule has 218 valence electrons. The number of aryl methyl sites for hydroxylation is 2. The lowest BCUT2D eigenvalue weighted by Crippen LogP contribution is -2.30. The lowest BCUT2D eigenvalue weighted by molar-refractivity contribution is -0.167. The number of alkyl halides is 3. The van der Waals surface area contributed by atoms with Crippen molar-refractivity contribution in [2.24, 2.45) is 10.2 Å². The molecule has 0 saturated carbocycles. The summed E-state index contributed by atoms with van der Waals surface area (Å²) in [5, 5.41) is 11.0. The van der Waals surface area contributed by atoms with Gasteiger partial charge in [-0.1, -0.05) is 36.4 Å². The van der Waals surface area contributed by atoms with Crippen molar-refractivity contribution in [3.05, 3.63) is 77.9 Å². The molecule has 42 heavy (non-hydrogen) atoms. The average Bonchev–Trinajstić information content (AvgIpc) is 2.95. The number of aromatic nitrogens is 3. The van der Waals surface area contributed by atoms with Crippen LogP contribution in [0.25, 0.3) is 0 Å². The fourth-order valence-corrected chi connectivity index (χ4v) is 5.51. The first-order chi connectivity index (χ1) is 20.1. The maximum Gasteiger partial charge on any atom is 0.471 e. The SMILES string of the molecule is CCN(CC)c1ccc(N=Nc2nc(Sc3ccccc3C)nc(Sc3ccccc3C)n2)c(NC(=O)C(F)(F)F)c1. The Morgan fingerprint density at radius 3 is 1.88 bits per heavy atom. The standard InChI is InChI=1S/C29H28F3N7OS2/c1-5-39(6-2)20-15-16-21(22(17-20)33-25(40)29(30,31)32)37-38-26-34-27(41-23-13-9-7-11-18(23)3)36-28(35-26)42-24-14-10-8-12-19(24)4/h7-17H,5-6H2,1-4H3,(H,33,40). The summed E-state index contributed by atoms with van der Waals surface area (Å²) in [6, 6.07) is 20.2. The quantitative estimate of drug-likeness (QED) is 0.180. The van der Waals surface area contributed by atoms with Crippen molar-refractivity contribution in [3.63, 3.8) is 0 Å². The molecule has 0 atom stereocenters. The van der Waals surface area contributed by atoms with Gasteiger partial charge in [-0.25, -0.2) is 0 Å². The maximum atomic E-state index is 13.1. The van der Waals surface area contributed by atoms with Crippen LogP contribution in [0.3, 0.4) is 0 Å². The summed E-state index contributed by atoms with van der Waals surface area (Å²) in [5.74, 6) is -2.14. The normalized spacial score (nSPS) is 11.6. The van der Waals surface area contributed by atoms with Crippen molar-refractivity contribution in [2.75, 3.05) is 23.3 Å². The summed E-state index contributed by atoms with van der Waals surface area (Å²) in [6.07, 6.45) is -5.07. The zero-order valence-electron chi connectivity index (χ0n) is 23.3. The molecule has 13 heteroatoms. The molecule has 0 fully saturated rings. The van der Waals surface area contributed by atoms with E-state index in [0.29, 0.717) is 29.1 Å². The Morgan fingerprint density at radius 1 is 0.833 bits per heavy atom. The fourth-order valence-electron chi connectivity index (χ4n) is 3.79. The van der Waals surface area contributed by atoms with Crippen molar-refractivity contribution in [2.45, 2.75) is 54.0 Å². The van der Waals surface area contributed by atoms with Gasteiger partial charge in [0.15, 0.2) is 10.3 Å². The Kier molecular flexibility index (Phi) is 10.2. The smallest absolute Gasteiger partial charge is 0.372 e. The van der Waals surface area contributed by atoms with Gasteiger partial charge in [0.2, 0.25) is 0 Å². The maximum absolute atomic E-state index is 13.1. The number of azo groups is 1. The van der Waals surface area contributed by atoms with E-state index in [1.807, 2.05) is 86.4 Å². The zero-order valence-corrected chi connectivity index (χ0v) is 24.9.